The number of thiophene rings is 1. The molecule has 1 fully saturated rings. The minimum absolute atomic E-state index is 0.143. The van der Waals surface area contributed by atoms with Crippen molar-refractivity contribution >= 4 is 33.2 Å². The van der Waals surface area contributed by atoms with Gasteiger partial charge >= 0.3 is 0 Å². The van der Waals surface area contributed by atoms with Gasteiger partial charge in [0, 0.05) is 15.3 Å². The van der Waals surface area contributed by atoms with E-state index in [1.165, 1.54) is 16.0 Å². The number of amides is 1. The molecular weight excluding hydrogens is 334 g/mol. The third kappa shape index (κ3) is 2.96. The van der Waals surface area contributed by atoms with Crippen molar-refractivity contribution in [2.45, 2.75) is 25.8 Å². The third-order valence-electron chi connectivity index (χ3n) is 3.80. The first-order valence-electron chi connectivity index (χ1n) is 6.71. The quantitative estimate of drug-likeness (QED) is 0.878. The van der Waals surface area contributed by atoms with Crippen LogP contribution in [0.2, 0.25) is 0 Å². The zero-order valence-corrected chi connectivity index (χ0v) is 13.6. The maximum absolute atomic E-state index is 12.2. The Labute approximate surface area is 131 Å². The highest BCUT2D eigenvalue weighted by Gasteiger charge is 2.43. The topological polar surface area (TPSA) is 29.1 Å². The summed E-state index contributed by atoms with van der Waals surface area (Å²) in [5, 5.41) is 5.13. The zero-order chi connectivity index (χ0) is 14.1. The van der Waals surface area contributed by atoms with E-state index in [1.54, 1.807) is 11.3 Å². The number of carbonyl (C=O) groups is 1. The molecule has 3 rings (SSSR count). The minimum atomic E-state index is 0.143. The van der Waals surface area contributed by atoms with E-state index in [0.29, 0.717) is 12.5 Å². The van der Waals surface area contributed by atoms with Crippen molar-refractivity contribution in [3.8, 4) is 0 Å². The van der Waals surface area contributed by atoms with Crippen molar-refractivity contribution in [2.24, 2.45) is 5.92 Å². The average Bonchev–Trinajstić information content (AvgIpc) is 3.13. The van der Waals surface area contributed by atoms with Crippen molar-refractivity contribution in [2.75, 3.05) is 0 Å². The molecule has 2 atom stereocenters. The summed E-state index contributed by atoms with van der Waals surface area (Å²) in [5.74, 6) is 0.712. The average molecular weight is 350 g/mol. The van der Waals surface area contributed by atoms with Crippen LogP contribution in [0.15, 0.2) is 40.2 Å². The Bertz CT molecular complexity index is 637. The molecule has 2 unspecified atom stereocenters. The molecule has 4 heteroatoms. The Morgan fingerprint density at radius 3 is 3.00 bits per heavy atom. The minimum Gasteiger partial charge on any atom is -0.351 e. The van der Waals surface area contributed by atoms with Gasteiger partial charge in [0.25, 0.3) is 0 Å². The summed E-state index contributed by atoms with van der Waals surface area (Å²) in [6, 6.07) is 10.4. The molecule has 1 aromatic heterocycles. The highest BCUT2D eigenvalue weighted by molar-refractivity contribution is 9.10. The van der Waals surface area contributed by atoms with E-state index in [0.717, 1.165) is 10.9 Å². The Balaban J connectivity index is 1.56. The Morgan fingerprint density at radius 1 is 1.45 bits per heavy atom. The van der Waals surface area contributed by atoms with Gasteiger partial charge in [-0.25, -0.2) is 0 Å². The third-order valence-corrected chi connectivity index (χ3v) is 5.31. The van der Waals surface area contributed by atoms with Crippen LogP contribution in [-0.2, 0) is 11.3 Å². The summed E-state index contributed by atoms with van der Waals surface area (Å²) in [5.41, 5.74) is 2.52. The van der Waals surface area contributed by atoms with E-state index < -0.39 is 0 Å². The first-order valence-corrected chi connectivity index (χ1v) is 8.38. The zero-order valence-electron chi connectivity index (χ0n) is 11.2. The maximum Gasteiger partial charge on any atom is 0.224 e. The van der Waals surface area contributed by atoms with Gasteiger partial charge < -0.3 is 5.32 Å². The van der Waals surface area contributed by atoms with Crippen LogP contribution in [0.25, 0.3) is 0 Å². The fraction of sp³-hybridized carbons (Fsp3) is 0.312. The molecular formula is C16H16BrNOS. The largest absolute Gasteiger partial charge is 0.351 e. The molecule has 0 bridgehead atoms. The molecule has 0 spiro atoms. The van der Waals surface area contributed by atoms with Gasteiger partial charge in [-0.2, -0.15) is 0 Å². The standard InChI is InChI=1S/C16H16BrNOS/c1-10-5-6-20-15(10)9-18-16(19)14-8-13(14)11-3-2-4-12(17)7-11/h2-7,13-14H,8-9H2,1H3,(H,18,19). The van der Waals surface area contributed by atoms with Gasteiger partial charge in [-0.1, -0.05) is 28.1 Å². The lowest BCUT2D eigenvalue weighted by molar-refractivity contribution is -0.122. The molecule has 0 radical (unpaired) electrons. The fourth-order valence-corrected chi connectivity index (χ4v) is 3.74. The molecule has 1 amide bonds. The molecule has 1 aromatic carbocycles. The molecule has 20 heavy (non-hydrogen) atoms. The van der Waals surface area contributed by atoms with E-state index in [-0.39, 0.29) is 11.8 Å². The summed E-state index contributed by atoms with van der Waals surface area (Å²) >= 11 is 5.18. The van der Waals surface area contributed by atoms with Gasteiger partial charge in [0.15, 0.2) is 0 Å². The number of rotatable bonds is 4. The summed E-state index contributed by atoms with van der Waals surface area (Å²) in [7, 11) is 0. The number of hydrogen-bond donors (Lipinski definition) is 1. The lowest BCUT2D eigenvalue weighted by Crippen LogP contribution is -2.24. The fourth-order valence-electron chi connectivity index (χ4n) is 2.47. The molecule has 1 aliphatic rings. The predicted octanol–water partition coefficient (Wildman–Crippen LogP) is 4.24. The van der Waals surface area contributed by atoms with Crippen LogP contribution in [0.1, 0.15) is 28.3 Å². The second-order valence-corrected chi connectivity index (χ2v) is 7.16. The van der Waals surface area contributed by atoms with E-state index in [1.807, 2.05) is 12.1 Å². The van der Waals surface area contributed by atoms with Crippen LogP contribution in [0.4, 0.5) is 0 Å². The van der Waals surface area contributed by atoms with Crippen molar-refractivity contribution in [3.63, 3.8) is 0 Å². The van der Waals surface area contributed by atoms with Crippen LogP contribution in [-0.4, -0.2) is 5.91 Å². The highest BCUT2D eigenvalue weighted by Crippen LogP contribution is 2.48. The summed E-state index contributed by atoms with van der Waals surface area (Å²) in [4.78, 5) is 13.4. The normalized spacial score (nSPS) is 20.7. The van der Waals surface area contributed by atoms with Crippen LogP contribution in [0, 0.1) is 12.8 Å². The van der Waals surface area contributed by atoms with Gasteiger partial charge in [-0.05, 0) is 54.0 Å². The number of hydrogen-bond acceptors (Lipinski definition) is 2. The Hall–Kier alpha value is -1.13. The van der Waals surface area contributed by atoms with Crippen LogP contribution in [0.5, 0.6) is 0 Å². The number of aryl methyl sites for hydroxylation is 1. The van der Waals surface area contributed by atoms with Crippen LogP contribution >= 0.6 is 27.3 Å². The summed E-state index contributed by atoms with van der Waals surface area (Å²) in [6.45, 7) is 2.74. The maximum atomic E-state index is 12.2. The van der Waals surface area contributed by atoms with Gasteiger partial charge in [0.05, 0.1) is 6.54 Å². The van der Waals surface area contributed by atoms with Crippen molar-refractivity contribution in [3.05, 3.63) is 56.2 Å². The molecule has 104 valence electrons. The number of carbonyl (C=O) groups excluding carboxylic acids is 1. The molecule has 2 nitrogen and oxygen atoms in total. The first-order chi connectivity index (χ1) is 9.65. The van der Waals surface area contributed by atoms with E-state index in [9.17, 15) is 4.79 Å². The highest BCUT2D eigenvalue weighted by atomic mass is 79.9. The van der Waals surface area contributed by atoms with Gasteiger partial charge in [0.2, 0.25) is 5.91 Å². The molecule has 0 saturated heterocycles. The first kappa shape index (κ1) is 13.8. The molecule has 1 N–H and O–H groups in total. The number of benzene rings is 1. The van der Waals surface area contributed by atoms with Gasteiger partial charge in [-0.15, -0.1) is 11.3 Å². The molecule has 1 aliphatic carbocycles. The van der Waals surface area contributed by atoms with Crippen molar-refractivity contribution in [1.29, 1.82) is 0 Å². The van der Waals surface area contributed by atoms with Crippen molar-refractivity contribution in [1.82, 2.24) is 5.32 Å². The smallest absolute Gasteiger partial charge is 0.224 e. The monoisotopic (exact) mass is 349 g/mol. The Kier molecular flexibility index (Phi) is 3.94. The molecule has 1 heterocycles. The predicted molar refractivity (Wildman–Crippen MR) is 85.9 cm³/mol. The lowest BCUT2D eigenvalue weighted by atomic mass is 10.1. The van der Waals surface area contributed by atoms with E-state index >= 15 is 0 Å². The van der Waals surface area contributed by atoms with Crippen LogP contribution in [0.3, 0.4) is 0 Å². The summed E-state index contributed by atoms with van der Waals surface area (Å²) < 4.78 is 1.08. The van der Waals surface area contributed by atoms with E-state index in [4.69, 9.17) is 0 Å². The molecule has 2 aromatic rings. The van der Waals surface area contributed by atoms with Gasteiger partial charge in [-0.3, -0.25) is 4.79 Å². The number of nitrogens with one attached hydrogen (secondary N) is 1. The number of halogens is 1. The second kappa shape index (κ2) is 5.70. The second-order valence-electron chi connectivity index (χ2n) is 5.25. The van der Waals surface area contributed by atoms with E-state index in [2.05, 4.69) is 51.7 Å². The van der Waals surface area contributed by atoms with Crippen LogP contribution < -0.4 is 5.32 Å². The molecule has 1 saturated carbocycles. The SMILES string of the molecule is Cc1ccsc1CNC(=O)C1CC1c1cccc(Br)c1. The molecule has 0 aliphatic heterocycles. The summed E-state index contributed by atoms with van der Waals surface area (Å²) in [6.07, 6.45) is 0.964. The van der Waals surface area contributed by atoms with Crippen molar-refractivity contribution < 1.29 is 4.79 Å². The van der Waals surface area contributed by atoms with Gasteiger partial charge in [0.1, 0.15) is 0 Å². The lowest BCUT2D eigenvalue weighted by Gasteiger charge is -2.05. The Morgan fingerprint density at radius 2 is 2.30 bits per heavy atom.